The van der Waals surface area contributed by atoms with Crippen LogP contribution in [0.4, 0.5) is 0 Å². The second-order valence-electron chi connectivity index (χ2n) is 5.16. The van der Waals surface area contributed by atoms with Crippen molar-refractivity contribution in [3.05, 3.63) is 33.4 Å². The van der Waals surface area contributed by atoms with Crippen molar-refractivity contribution >= 4 is 27.3 Å². The number of thiazole rings is 1. The molecule has 0 spiro atoms. The standard InChI is InChI=1S/C15H18BrN3S/c1-2-3-12-14(9-17-11-5-6-11)20-15(19-12)13-7-4-10(16)8-18-13/h4,7-8,11,17H,2-3,5-6,9H2,1H3. The van der Waals surface area contributed by atoms with Gasteiger partial charge in [-0.15, -0.1) is 11.3 Å². The lowest BCUT2D eigenvalue weighted by Gasteiger charge is -2.01. The molecule has 0 aliphatic heterocycles. The Hall–Kier alpha value is -0.780. The monoisotopic (exact) mass is 351 g/mol. The molecule has 3 rings (SSSR count). The first-order chi connectivity index (χ1) is 9.76. The Morgan fingerprint density at radius 1 is 1.40 bits per heavy atom. The summed E-state index contributed by atoms with van der Waals surface area (Å²) in [4.78, 5) is 10.6. The lowest BCUT2D eigenvalue weighted by Crippen LogP contribution is -2.15. The highest BCUT2D eigenvalue weighted by atomic mass is 79.9. The fraction of sp³-hybridized carbons (Fsp3) is 0.467. The minimum absolute atomic E-state index is 0.737. The van der Waals surface area contributed by atoms with Gasteiger partial charge in [0.15, 0.2) is 0 Å². The molecule has 0 unspecified atom stereocenters. The number of nitrogens with zero attached hydrogens (tertiary/aromatic N) is 2. The molecule has 20 heavy (non-hydrogen) atoms. The Balaban J connectivity index is 1.82. The van der Waals surface area contributed by atoms with E-state index in [-0.39, 0.29) is 0 Å². The molecule has 1 fully saturated rings. The molecule has 2 aromatic rings. The van der Waals surface area contributed by atoms with Crippen molar-refractivity contribution in [2.24, 2.45) is 0 Å². The quantitative estimate of drug-likeness (QED) is 0.848. The third kappa shape index (κ3) is 3.45. The summed E-state index contributed by atoms with van der Waals surface area (Å²) in [5.41, 5.74) is 2.21. The van der Waals surface area contributed by atoms with E-state index in [9.17, 15) is 0 Å². The lowest BCUT2D eigenvalue weighted by atomic mass is 10.2. The SMILES string of the molecule is CCCc1nc(-c2ccc(Br)cn2)sc1CNC1CC1. The Bertz CT molecular complexity index is 575. The van der Waals surface area contributed by atoms with E-state index in [1.165, 1.54) is 23.4 Å². The van der Waals surface area contributed by atoms with Crippen LogP contribution >= 0.6 is 27.3 Å². The molecule has 0 radical (unpaired) electrons. The van der Waals surface area contributed by atoms with Crippen molar-refractivity contribution < 1.29 is 0 Å². The highest BCUT2D eigenvalue weighted by molar-refractivity contribution is 9.10. The summed E-state index contributed by atoms with van der Waals surface area (Å²) in [6.45, 7) is 3.16. The molecule has 2 heterocycles. The van der Waals surface area contributed by atoms with Gasteiger partial charge in [0.2, 0.25) is 0 Å². The summed E-state index contributed by atoms with van der Waals surface area (Å²) >= 11 is 5.20. The van der Waals surface area contributed by atoms with E-state index in [4.69, 9.17) is 4.98 Å². The van der Waals surface area contributed by atoms with Gasteiger partial charge in [-0.05, 0) is 47.3 Å². The Kier molecular flexibility index (Phi) is 4.48. The minimum atomic E-state index is 0.737. The summed E-state index contributed by atoms with van der Waals surface area (Å²) in [6, 6.07) is 4.78. The average molecular weight is 352 g/mol. The second kappa shape index (κ2) is 6.33. The van der Waals surface area contributed by atoms with Gasteiger partial charge >= 0.3 is 0 Å². The van der Waals surface area contributed by atoms with Crippen LogP contribution < -0.4 is 5.32 Å². The highest BCUT2D eigenvalue weighted by Crippen LogP contribution is 2.29. The molecular formula is C15H18BrN3S. The number of hydrogen-bond acceptors (Lipinski definition) is 4. The topological polar surface area (TPSA) is 37.8 Å². The Morgan fingerprint density at radius 3 is 2.90 bits per heavy atom. The second-order valence-corrected chi connectivity index (χ2v) is 7.16. The minimum Gasteiger partial charge on any atom is -0.309 e. The maximum Gasteiger partial charge on any atom is 0.142 e. The van der Waals surface area contributed by atoms with Crippen molar-refractivity contribution in [3.63, 3.8) is 0 Å². The molecule has 106 valence electrons. The van der Waals surface area contributed by atoms with E-state index in [0.29, 0.717) is 0 Å². The molecule has 5 heteroatoms. The number of aromatic nitrogens is 2. The molecule has 1 saturated carbocycles. The van der Waals surface area contributed by atoms with Crippen LogP contribution in [0.5, 0.6) is 0 Å². The zero-order valence-corrected chi connectivity index (χ0v) is 13.9. The van der Waals surface area contributed by atoms with Gasteiger partial charge in [0.25, 0.3) is 0 Å². The van der Waals surface area contributed by atoms with Crippen molar-refractivity contribution in [2.75, 3.05) is 0 Å². The van der Waals surface area contributed by atoms with Crippen molar-refractivity contribution in [1.29, 1.82) is 0 Å². The maximum atomic E-state index is 4.80. The number of nitrogens with one attached hydrogen (secondary N) is 1. The van der Waals surface area contributed by atoms with Crippen molar-refractivity contribution in [3.8, 4) is 10.7 Å². The van der Waals surface area contributed by atoms with E-state index in [1.807, 2.05) is 18.3 Å². The molecular weight excluding hydrogens is 334 g/mol. The van der Waals surface area contributed by atoms with E-state index in [2.05, 4.69) is 33.2 Å². The van der Waals surface area contributed by atoms with Gasteiger partial charge in [0.05, 0.1) is 11.4 Å². The molecule has 0 aromatic carbocycles. The van der Waals surface area contributed by atoms with E-state index in [1.54, 1.807) is 11.3 Å². The lowest BCUT2D eigenvalue weighted by molar-refractivity contribution is 0.686. The number of rotatable bonds is 6. The van der Waals surface area contributed by atoms with Crippen LogP contribution in [0.15, 0.2) is 22.8 Å². The molecule has 0 saturated heterocycles. The number of aryl methyl sites for hydroxylation is 1. The predicted molar refractivity (Wildman–Crippen MR) is 86.9 cm³/mol. The number of hydrogen-bond donors (Lipinski definition) is 1. The van der Waals surface area contributed by atoms with Gasteiger partial charge in [0.1, 0.15) is 5.01 Å². The summed E-state index contributed by atoms with van der Waals surface area (Å²) in [6.07, 6.45) is 6.66. The third-order valence-electron chi connectivity index (χ3n) is 3.34. The first-order valence-corrected chi connectivity index (χ1v) is 8.71. The smallest absolute Gasteiger partial charge is 0.142 e. The molecule has 1 aliphatic rings. The predicted octanol–water partition coefficient (Wildman–Crippen LogP) is 4.17. The normalized spacial score (nSPS) is 14.7. The first-order valence-electron chi connectivity index (χ1n) is 7.10. The molecule has 0 amide bonds. The zero-order valence-electron chi connectivity index (χ0n) is 11.5. The van der Waals surface area contributed by atoms with Gasteiger partial charge in [-0.2, -0.15) is 0 Å². The van der Waals surface area contributed by atoms with Crippen LogP contribution in [0.2, 0.25) is 0 Å². The van der Waals surface area contributed by atoms with Crippen molar-refractivity contribution in [1.82, 2.24) is 15.3 Å². The third-order valence-corrected chi connectivity index (χ3v) is 4.93. The average Bonchev–Trinajstić information content (AvgIpc) is 3.19. The van der Waals surface area contributed by atoms with Crippen LogP contribution in [0.3, 0.4) is 0 Å². The zero-order chi connectivity index (χ0) is 13.9. The molecule has 2 aromatic heterocycles. The van der Waals surface area contributed by atoms with Crippen LogP contribution in [0.25, 0.3) is 10.7 Å². The molecule has 0 atom stereocenters. The fourth-order valence-electron chi connectivity index (χ4n) is 2.09. The van der Waals surface area contributed by atoms with Crippen LogP contribution in [-0.4, -0.2) is 16.0 Å². The van der Waals surface area contributed by atoms with E-state index < -0.39 is 0 Å². The summed E-state index contributed by atoms with van der Waals surface area (Å²) in [5, 5.41) is 4.62. The molecule has 1 aliphatic carbocycles. The number of pyridine rings is 1. The maximum absolute atomic E-state index is 4.80. The molecule has 3 nitrogen and oxygen atoms in total. The summed E-state index contributed by atoms with van der Waals surface area (Å²) in [5.74, 6) is 0. The van der Waals surface area contributed by atoms with Gasteiger partial charge in [-0.1, -0.05) is 13.3 Å². The number of halogens is 1. The highest BCUT2D eigenvalue weighted by Gasteiger charge is 2.21. The molecule has 1 N–H and O–H groups in total. The fourth-order valence-corrected chi connectivity index (χ4v) is 3.36. The largest absolute Gasteiger partial charge is 0.309 e. The van der Waals surface area contributed by atoms with Crippen molar-refractivity contribution in [2.45, 2.75) is 45.2 Å². The van der Waals surface area contributed by atoms with Gasteiger partial charge in [0, 0.05) is 28.1 Å². The Morgan fingerprint density at radius 2 is 2.25 bits per heavy atom. The summed E-state index contributed by atoms with van der Waals surface area (Å²) in [7, 11) is 0. The van der Waals surface area contributed by atoms with Gasteiger partial charge in [-0.25, -0.2) is 4.98 Å². The van der Waals surface area contributed by atoms with E-state index >= 15 is 0 Å². The van der Waals surface area contributed by atoms with Crippen LogP contribution in [-0.2, 0) is 13.0 Å². The van der Waals surface area contributed by atoms with Crippen LogP contribution in [0.1, 0.15) is 36.8 Å². The van der Waals surface area contributed by atoms with Gasteiger partial charge in [-0.3, -0.25) is 4.98 Å². The van der Waals surface area contributed by atoms with Gasteiger partial charge < -0.3 is 5.32 Å². The first kappa shape index (κ1) is 14.2. The Labute approximate surface area is 132 Å². The van der Waals surface area contributed by atoms with Crippen LogP contribution in [0, 0.1) is 0 Å². The summed E-state index contributed by atoms with van der Waals surface area (Å²) < 4.78 is 1.00. The van der Waals surface area contributed by atoms with E-state index in [0.717, 1.165) is 40.6 Å². The molecule has 0 bridgehead atoms.